The van der Waals surface area contributed by atoms with Gasteiger partial charge in [-0.2, -0.15) is 9.57 Å². The molecular weight excluding hydrogens is 493 g/mol. The summed E-state index contributed by atoms with van der Waals surface area (Å²) in [5.41, 5.74) is 2.91. The van der Waals surface area contributed by atoms with Gasteiger partial charge in [-0.25, -0.2) is 12.8 Å². The van der Waals surface area contributed by atoms with Gasteiger partial charge in [-0.05, 0) is 60.0 Å². The van der Waals surface area contributed by atoms with Crippen molar-refractivity contribution < 1.29 is 22.3 Å². The van der Waals surface area contributed by atoms with Crippen LogP contribution >= 0.6 is 0 Å². The molecule has 0 bridgehead atoms. The number of methoxy groups -OCH3 is 1. The summed E-state index contributed by atoms with van der Waals surface area (Å²) in [6.45, 7) is 4.18. The van der Waals surface area contributed by atoms with Gasteiger partial charge >= 0.3 is 0 Å². The molecule has 0 N–H and O–H groups in total. The van der Waals surface area contributed by atoms with Crippen LogP contribution in [-0.2, 0) is 21.4 Å². The highest BCUT2D eigenvalue weighted by atomic mass is 32.2. The Bertz CT molecular complexity index is 1360. The predicted molar refractivity (Wildman–Crippen MR) is 138 cm³/mol. The molecule has 1 aliphatic heterocycles. The lowest BCUT2D eigenvalue weighted by molar-refractivity contribution is 0.00763. The average molecular weight is 524 g/mol. The van der Waals surface area contributed by atoms with Gasteiger partial charge in [0.2, 0.25) is 10.0 Å². The van der Waals surface area contributed by atoms with Crippen molar-refractivity contribution in [3.05, 3.63) is 94.8 Å². The summed E-state index contributed by atoms with van der Waals surface area (Å²) in [6.07, 6.45) is -0.278. The minimum Gasteiger partial charge on any atom is -0.497 e. The van der Waals surface area contributed by atoms with Gasteiger partial charge in [0, 0.05) is 32.7 Å². The van der Waals surface area contributed by atoms with E-state index in [0.717, 1.165) is 22.9 Å². The molecule has 9 heteroatoms. The largest absolute Gasteiger partial charge is 0.497 e. The minimum atomic E-state index is -3.77. The zero-order valence-corrected chi connectivity index (χ0v) is 21.7. The number of piperazine rings is 1. The molecule has 0 amide bonds. The summed E-state index contributed by atoms with van der Waals surface area (Å²) in [7, 11) is -2.15. The second-order valence-corrected chi connectivity index (χ2v) is 10.9. The summed E-state index contributed by atoms with van der Waals surface area (Å²) in [6, 6.07) is 21.1. The molecule has 0 aliphatic carbocycles. The van der Waals surface area contributed by atoms with Gasteiger partial charge in [-0.3, -0.25) is 4.90 Å². The van der Waals surface area contributed by atoms with E-state index in [1.165, 1.54) is 16.4 Å². The number of hydrogen-bond acceptors (Lipinski definition) is 6. The number of nitrogens with zero attached hydrogens (tertiary/aromatic N) is 3. The highest BCUT2D eigenvalue weighted by molar-refractivity contribution is 7.89. The highest BCUT2D eigenvalue weighted by Gasteiger charge is 2.30. The third kappa shape index (κ3) is 6.53. The summed E-state index contributed by atoms with van der Waals surface area (Å²) < 4.78 is 53.2. The molecule has 0 aromatic heterocycles. The Balaban J connectivity index is 1.44. The van der Waals surface area contributed by atoms with E-state index in [2.05, 4.69) is 11.0 Å². The van der Waals surface area contributed by atoms with E-state index in [1.807, 2.05) is 36.4 Å². The van der Waals surface area contributed by atoms with E-state index in [-0.39, 0.29) is 11.0 Å². The molecule has 7 nitrogen and oxygen atoms in total. The van der Waals surface area contributed by atoms with Gasteiger partial charge in [-0.1, -0.05) is 30.3 Å². The number of hydrogen-bond donors (Lipinski definition) is 0. The molecule has 194 valence electrons. The monoisotopic (exact) mass is 523 g/mol. The van der Waals surface area contributed by atoms with Gasteiger partial charge in [0.1, 0.15) is 11.6 Å². The summed E-state index contributed by atoms with van der Waals surface area (Å²) in [5, 5.41) is 9.03. The molecule has 0 unspecified atom stereocenters. The van der Waals surface area contributed by atoms with Crippen LogP contribution in [0.5, 0.6) is 5.75 Å². The SMILES string of the molecule is COc1cccc([C@@H](CN2CCN(S(=O)(=O)c3ccc(C)c(F)c3)CC2)OCc2ccc(C#N)cc2)c1. The van der Waals surface area contributed by atoms with Gasteiger partial charge in [-0.15, -0.1) is 0 Å². The number of benzene rings is 3. The Morgan fingerprint density at radius 3 is 2.41 bits per heavy atom. The van der Waals surface area contributed by atoms with Crippen LogP contribution in [0.1, 0.15) is 28.4 Å². The second-order valence-electron chi connectivity index (χ2n) is 9.00. The highest BCUT2D eigenvalue weighted by Crippen LogP contribution is 2.26. The van der Waals surface area contributed by atoms with Crippen LogP contribution in [0, 0.1) is 24.1 Å². The Kier molecular flexibility index (Phi) is 8.56. The molecule has 1 heterocycles. The number of nitriles is 1. The van der Waals surface area contributed by atoms with Crippen LogP contribution in [0.25, 0.3) is 0 Å². The fraction of sp³-hybridized carbons (Fsp3) is 0.321. The second kappa shape index (κ2) is 11.8. The molecule has 3 aromatic rings. The van der Waals surface area contributed by atoms with Crippen LogP contribution in [0.3, 0.4) is 0 Å². The molecule has 1 atom stereocenters. The maximum Gasteiger partial charge on any atom is 0.243 e. The number of sulfonamides is 1. The Hall–Kier alpha value is -3.29. The minimum absolute atomic E-state index is 0.0240. The quantitative estimate of drug-likeness (QED) is 0.416. The van der Waals surface area contributed by atoms with Gasteiger partial charge in [0.05, 0.1) is 36.3 Å². The maximum atomic E-state index is 14.0. The number of rotatable bonds is 9. The fourth-order valence-electron chi connectivity index (χ4n) is 4.24. The van der Waals surface area contributed by atoms with Crippen molar-refractivity contribution in [3.63, 3.8) is 0 Å². The van der Waals surface area contributed by atoms with E-state index >= 15 is 0 Å². The van der Waals surface area contributed by atoms with Crippen molar-refractivity contribution in [2.75, 3.05) is 39.8 Å². The van der Waals surface area contributed by atoms with E-state index in [9.17, 15) is 12.8 Å². The summed E-state index contributed by atoms with van der Waals surface area (Å²) >= 11 is 0. The smallest absolute Gasteiger partial charge is 0.243 e. The molecule has 0 spiro atoms. The molecule has 0 saturated carbocycles. The Morgan fingerprint density at radius 1 is 1.03 bits per heavy atom. The first-order valence-electron chi connectivity index (χ1n) is 12.0. The van der Waals surface area contributed by atoms with Crippen molar-refractivity contribution in [1.82, 2.24) is 9.21 Å². The lowest BCUT2D eigenvalue weighted by atomic mass is 10.1. The third-order valence-electron chi connectivity index (χ3n) is 6.54. The van der Waals surface area contributed by atoms with Crippen molar-refractivity contribution in [1.29, 1.82) is 5.26 Å². The molecule has 1 fully saturated rings. The summed E-state index contributed by atoms with van der Waals surface area (Å²) in [4.78, 5) is 2.15. The van der Waals surface area contributed by atoms with Crippen LogP contribution in [0.2, 0.25) is 0 Å². The first-order valence-corrected chi connectivity index (χ1v) is 13.5. The average Bonchev–Trinajstić information content (AvgIpc) is 2.93. The third-order valence-corrected chi connectivity index (χ3v) is 8.43. The lowest BCUT2D eigenvalue weighted by Crippen LogP contribution is -2.49. The first kappa shape index (κ1) is 26.8. The first-order chi connectivity index (χ1) is 17.8. The maximum absolute atomic E-state index is 14.0. The number of halogens is 1. The molecule has 1 saturated heterocycles. The topological polar surface area (TPSA) is 82.9 Å². The number of aryl methyl sites for hydroxylation is 1. The Labute approximate surface area is 217 Å². The number of ether oxygens (including phenoxy) is 2. The van der Waals surface area contributed by atoms with Crippen molar-refractivity contribution in [3.8, 4) is 11.8 Å². The zero-order chi connectivity index (χ0) is 26.4. The Morgan fingerprint density at radius 2 is 1.76 bits per heavy atom. The lowest BCUT2D eigenvalue weighted by Gasteiger charge is -2.36. The van der Waals surface area contributed by atoms with Gasteiger partial charge < -0.3 is 9.47 Å². The van der Waals surface area contributed by atoms with E-state index in [1.54, 1.807) is 26.2 Å². The standard InChI is InChI=1S/C28H30FN3O4S/c1-21-6-11-26(17-27(21)29)37(33,34)32-14-12-31(13-15-32)19-28(24-4-3-5-25(16-24)35-2)36-20-23-9-7-22(18-30)8-10-23/h3-11,16-17,28H,12-15,19-20H2,1-2H3/t28-/m1/s1. The fourth-order valence-corrected chi connectivity index (χ4v) is 5.67. The summed E-state index contributed by atoms with van der Waals surface area (Å²) in [5.74, 6) is 0.200. The molecule has 3 aromatic carbocycles. The van der Waals surface area contributed by atoms with Gasteiger partial charge in [0.25, 0.3) is 0 Å². The molecular formula is C28H30FN3O4S. The van der Waals surface area contributed by atoms with Crippen LogP contribution in [-0.4, -0.2) is 57.5 Å². The molecule has 4 rings (SSSR count). The van der Waals surface area contributed by atoms with Crippen molar-refractivity contribution in [2.24, 2.45) is 0 Å². The van der Waals surface area contributed by atoms with E-state index < -0.39 is 15.8 Å². The normalized spacial score (nSPS) is 15.7. The molecule has 37 heavy (non-hydrogen) atoms. The molecule has 0 radical (unpaired) electrons. The van der Waals surface area contributed by atoms with E-state index in [0.29, 0.717) is 50.5 Å². The van der Waals surface area contributed by atoms with Crippen LogP contribution < -0.4 is 4.74 Å². The molecule has 1 aliphatic rings. The van der Waals surface area contributed by atoms with Crippen LogP contribution in [0.15, 0.2) is 71.6 Å². The van der Waals surface area contributed by atoms with E-state index in [4.69, 9.17) is 14.7 Å². The van der Waals surface area contributed by atoms with Crippen LogP contribution in [0.4, 0.5) is 4.39 Å². The predicted octanol–water partition coefficient (Wildman–Crippen LogP) is 4.28. The van der Waals surface area contributed by atoms with Crippen molar-refractivity contribution >= 4 is 10.0 Å². The zero-order valence-electron chi connectivity index (χ0n) is 20.9. The van der Waals surface area contributed by atoms with Crippen molar-refractivity contribution in [2.45, 2.75) is 24.5 Å². The van der Waals surface area contributed by atoms with Gasteiger partial charge in [0.15, 0.2) is 0 Å².